The molecule has 4 rings (SSSR count). The Bertz CT molecular complexity index is 1190. The molecular weight excluding hydrogens is 400 g/mol. The smallest absolute Gasteiger partial charge is 0.269 e. The first-order valence-electron chi connectivity index (χ1n) is 8.23. The van der Waals surface area contributed by atoms with Gasteiger partial charge in [0.2, 0.25) is 11.0 Å². The van der Waals surface area contributed by atoms with Crippen molar-refractivity contribution in [3.05, 3.63) is 59.7 Å². The number of nitrogens with one attached hydrogen (secondary N) is 1. The first kappa shape index (κ1) is 18.3. The molecule has 10 heteroatoms. The summed E-state index contributed by atoms with van der Waals surface area (Å²) in [5.74, 6) is -1.39. The summed E-state index contributed by atoms with van der Waals surface area (Å²) in [4.78, 5) is 24.6. The SMILES string of the molecule is Cc1ccc(-c2nnc(NC(=O)CN3C(=O)c4ccccc4S3(=O)=O)s2)cc1. The molecule has 1 aliphatic rings. The molecule has 3 aromatic rings. The molecule has 0 bridgehead atoms. The van der Waals surface area contributed by atoms with E-state index in [9.17, 15) is 18.0 Å². The molecule has 142 valence electrons. The van der Waals surface area contributed by atoms with Crippen LogP contribution >= 0.6 is 11.3 Å². The summed E-state index contributed by atoms with van der Waals surface area (Å²) in [7, 11) is -4.03. The number of carbonyl (C=O) groups is 2. The highest BCUT2D eigenvalue weighted by Gasteiger charge is 2.41. The number of sulfonamides is 1. The zero-order valence-corrected chi connectivity index (χ0v) is 16.3. The van der Waals surface area contributed by atoms with Gasteiger partial charge in [-0.15, -0.1) is 10.2 Å². The molecule has 0 unspecified atom stereocenters. The van der Waals surface area contributed by atoms with Gasteiger partial charge in [0.05, 0.1) is 5.56 Å². The van der Waals surface area contributed by atoms with Crippen LogP contribution in [0.15, 0.2) is 53.4 Å². The fourth-order valence-electron chi connectivity index (χ4n) is 2.76. The van der Waals surface area contributed by atoms with E-state index in [-0.39, 0.29) is 15.6 Å². The van der Waals surface area contributed by atoms with Crippen molar-refractivity contribution >= 4 is 38.3 Å². The Morgan fingerprint density at radius 3 is 2.54 bits per heavy atom. The number of hydrogen-bond acceptors (Lipinski definition) is 7. The Morgan fingerprint density at radius 2 is 1.82 bits per heavy atom. The standard InChI is InChI=1S/C18H14N4O4S2/c1-11-6-8-12(9-7-11)16-20-21-18(27-16)19-15(23)10-22-17(24)13-4-2-3-5-14(13)28(22,25)26/h2-9H,10H2,1H3,(H,19,21,23). The molecule has 1 aliphatic heterocycles. The zero-order valence-electron chi connectivity index (χ0n) is 14.6. The highest BCUT2D eigenvalue weighted by molar-refractivity contribution is 7.90. The van der Waals surface area contributed by atoms with Crippen LogP contribution in [-0.4, -0.2) is 41.3 Å². The van der Waals surface area contributed by atoms with Gasteiger partial charge in [0.25, 0.3) is 15.9 Å². The van der Waals surface area contributed by atoms with Gasteiger partial charge in [-0.2, -0.15) is 0 Å². The second-order valence-corrected chi connectivity index (χ2v) is 8.95. The van der Waals surface area contributed by atoms with Gasteiger partial charge in [0, 0.05) is 5.56 Å². The molecule has 0 saturated carbocycles. The summed E-state index contributed by atoms with van der Waals surface area (Å²) in [5.41, 5.74) is 2.03. The van der Waals surface area contributed by atoms with E-state index in [1.165, 1.54) is 18.2 Å². The van der Waals surface area contributed by atoms with Crippen molar-refractivity contribution in [2.45, 2.75) is 11.8 Å². The third-order valence-electron chi connectivity index (χ3n) is 4.17. The van der Waals surface area contributed by atoms with Crippen LogP contribution in [0.4, 0.5) is 5.13 Å². The average molecular weight is 414 g/mol. The van der Waals surface area contributed by atoms with E-state index in [1.807, 2.05) is 31.2 Å². The second kappa shape index (κ2) is 6.80. The Kier molecular flexibility index (Phi) is 4.44. The number of benzene rings is 2. The molecule has 0 atom stereocenters. The quantitative estimate of drug-likeness (QED) is 0.702. The van der Waals surface area contributed by atoms with Crippen molar-refractivity contribution in [1.29, 1.82) is 0 Å². The average Bonchev–Trinajstić information content (AvgIpc) is 3.20. The number of fused-ring (bicyclic) bond motifs is 1. The number of carbonyl (C=O) groups excluding carboxylic acids is 2. The zero-order chi connectivity index (χ0) is 19.9. The van der Waals surface area contributed by atoms with Crippen molar-refractivity contribution < 1.29 is 18.0 Å². The van der Waals surface area contributed by atoms with Crippen LogP contribution in [0.25, 0.3) is 10.6 Å². The van der Waals surface area contributed by atoms with E-state index >= 15 is 0 Å². The second-order valence-electron chi connectivity index (χ2n) is 6.14. The van der Waals surface area contributed by atoms with Gasteiger partial charge in [-0.3, -0.25) is 14.9 Å². The largest absolute Gasteiger partial charge is 0.299 e. The van der Waals surface area contributed by atoms with E-state index in [2.05, 4.69) is 15.5 Å². The molecule has 2 aromatic carbocycles. The number of nitrogens with zero attached hydrogens (tertiary/aromatic N) is 3. The third-order valence-corrected chi connectivity index (χ3v) is 6.84. The van der Waals surface area contributed by atoms with E-state index in [1.54, 1.807) is 6.07 Å². The summed E-state index contributed by atoms with van der Waals surface area (Å²) in [6, 6.07) is 13.5. The van der Waals surface area contributed by atoms with Crippen LogP contribution in [0.1, 0.15) is 15.9 Å². The summed E-state index contributed by atoms with van der Waals surface area (Å²) >= 11 is 1.16. The van der Waals surface area contributed by atoms with Crippen molar-refractivity contribution in [1.82, 2.24) is 14.5 Å². The highest BCUT2D eigenvalue weighted by atomic mass is 32.2. The van der Waals surface area contributed by atoms with Crippen molar-refractivity contribution in [3.63, 3.8) is 0 Å². The molecule has 28 heavy (non-hydrogen) atoms. The number of hydrogen-bond donors (Lipinski definition) is 1. The van der Waals surface area contributed by atoms with Crippen LogP contribution in [0, 0.1) is 6.92 Å². The Hall–Kier alpha value is -3.11. The molecule has 0 spiro atoms. The van der Waals surface area contributed by atoms with Crippen molar-refractivity contribution in [2.24, 2.45) is 0 Å². The van der Waals surface area contributed by atoms with E-state index in [0.717, 1.165) is 22.5 Å². The van der Waals surface area contributed by atoms with Gasteiger partial charge in [0.1, 0.15) is 16.4 Å². The molecule has 0 saturated heterocycles. The molecule has 0 aliphatic carbocycles. The molecule has 2 amide bonds. The number of aryl methyl sites for hydroxylation is 1. The van der Waals surface area contributed by atoms with Crippen LogP contribution in [0.3, 0.4) is 0 Å². The maximum atomic E-state index is 12.5. The van der Waals surface area contributed by atoms with Gasteiger partial charge < -0.3 is 0 Å². The fourth-order valence-corrected chi connectivity index (χ4v) is 5.05. The molecular formula is C18H14N4O4S2. The molecule has 0 fully saturated rings. The summed E-state index contributed by atoms with van der Waals surface area (Å²) in [6.07, 6.45) is 0. The summed E-state index contributed by atoms with van der Waals surface area (Å²) in [6.45, 7) is 1.34. The van der Waals surface area contributed by atoms with Crippen LogP contribution in [0.5, 0.6) is 0 Å². The lowest BCUT2D eigenvalue weighted by molar-refractivity contribution is -0.116. The minimum Gasteiger partial charge on any atom is -0.299 e. The number of rotatable bonds is 4. The maximum absolute atomic E-state index is 12.5. The highest BCUT2D eigenvalue weighted by Crippen LogP contribution is 2.30. The van der Waals surface area contributed by atoms with Gasteiger partial charge >= 0.3 is 0 Å². The monoisotopic (exact) mass is 414 g/mol. The topological polar surface area (TPSA) is 109 Å². The predicted octanol–water partition coefficient (Wildman–Crippen LogP) is 2.30. The molecule has 1 aromatic heterocycles. The Morgan fingerprint density at radius 1 is 1.11 bits per heavy atom. The van der Waals surface area contributed by atoms with Crippen LogP contribution in [-0.2, 0) is 14.8 Å². The lowest BCUT2D eigenvalue weighted by Gasteiger charge is -2.13. The third kappa shape index (κ3) is 3.16. The minimum absolute atomic E-state index is 0.0628. The van der Waals surface area contributed by atoms with Gasteiger partial charge in [-0.1, -0.05) is 53.3 Å². The lowest BCUT2D eigenvalue weighted by atomic mass is 10.2. The van der Waals surface area contributed by atoms with E-state index in [4.69, 9.17) is 0 Å². The normalized spacial score (nSPS) is 14.8. The first-order valence-corrected chi connectivity index (χ1v) is 10.5. The number of amides is 2. The van der Waals surface area contributed by atoms with Crippen molar-refractivity contribution in [3.8, 4) is 10.6 Å². The number of anilines is 1. The van der Waals surface area contributed by atoms with Crippen molar-refractivity contribution in [2.75, 3.05) is 11.9 Å². The fraction of sp³-hybridized carbons (Fsp3) is 0.111. The maximum Gasteiger partial charge on any atom is 0.269 e. The molecule has 2 heterocycles. The van der Waals surface area contributed by atoms with Gasteiger partial charge in [-0.05, 0) is 19.1 Å². The summed E-state index contributed by atoms with van der Waals surface area (Å²) < 4.78 is 25.6. The first-order chi connectivity index (χ1) is 13.4. The minimum atomic E-state index is -4.03. The van der Waals surface area contributed by atoms with Gasteiger partial charge in [0.15, 0.2) is 0 Å². The Balaban J connectivity index is 1.49. The number of aromatic nitrogens is 2. The van der Waals surface area contributed by atoms with Crippen LogP contribution in [0.2, 0.25) is 0 Å². The Labute approximate surface area is 164 Å². The van der Waals surface area contributed by atoms with E-state index in [0.29, 0.717) is 9.31 Å². The molecule has 0 radical (unpaired) electrons. The lowest BCUT2D eigenvalue weighted by Crippen LogP contribution is -2.37. The predicted molar refractivity (Wildman–Crippen MR) is 103 cm³/mol. The van der Waals surface area contributed by atoms with E-state index < -0.39 is 28.4 Å². The molecule has 8 nitrogen and oxygen atoms in total. The molecule has 1 N–H and O–H groups in total. The van der Waals surface area contributed by atoms with Crippen LogP contribution < -0.4 is 5.32 Å². The summed E-state index contributed by atoms with van der Waals surface area (Å²) in [5, 5.41) is 11.3. The van der Waals surface area contributed by atoms with Gasteiger partial charge in [-0.25, -0.2) is 12.7 Å².